The molecule has 0 aliphatic carbocycles. The van der Waals surface area contributed by atoms with Gasteiger partial charge < -0.3 is 9.47 Å². The van der Waals surface area contributed by atoms with Crippen LogP contribution in [0.3, 0.4) is 0 Å². The Morgan fingerprint density at radius 1 is 1.25 bits per heavy atom. The Bertz CT molecular complexity index is 330. The lowest BCUT2D eigenvalue weighted by atomic mass is 10.2. The predicted octanol–water partition coefficient (Wildman–Crippen LogP) is 2.28. The zero-order chi connectivity index (χ0) is 11.6. The molecule has 1 aromatic carbocycles. The second-order valence-corrected chi connectivity index (χ2v) is 3.26. The molecule has 0 aliphatic heterocycles. The molecule has 0 aromatic heterocycles. The van der Waals surface area contributed by atoms with Crippen LogP contribution in [-0.4, -0.2) is 26.3 Å². The lowest BCUT2D eigenvalue weighted by molar-refractivity contribution is -0.138. The maximum absolute atomic E-state index is 11.2. The molecule has 0 fully saturated rings. The van der Waals surface area contributed by atoms with Crippen LogP contribution in [0.15, 0.2) is 36.4 Å². The third-order valence-corrected chi connectivity index (χ3v) is 1.95. The second-order valence-electron chi connectivity index (χ2n) is 3.26. The maximum atomic E-state index is 11.2. The molecule has 0 atom stereocenters. The SMILES string of the molecule is COCCCOC(=O)/C=C/c1ccccc1. The number of benzene rings is 1. The van der Waals surface area contributed by atoms with E-state index in [1.807, 2.05) is 30.3 Å². The van der Waals surface area contributed by atoms with Crippen molar-refractivity contribution < 1.29 is 14.3 Å². The van der Waals surface area contributed by atoms with Crippen molar-refractivity contribution in [2.24, 2.45) is 0 Å². The molecule has 0 aliphatic rings. The van der Waals surface area contributed by atoms with E-state index >= 15 is 0 Å². The minimum atomic E-state index is -0.319. The molecular formula is C13H16O3. The highest BCUT2D eigenvalue weighted by Gasteiger charge is 1.95. The van der Waals surface area contributed by atoms with Crippen molar-refractivity contribution in [1.82, 2.24) is 0 Å². The Kier molecular flexibility index (Phi) is 5.96. The highest BCUT2D eigenvalue weighted by atomic mass is 16.5. The predicted molar refractivity (Wildman–Crippen MR) is 62.9 cm³/mol. The van der Waals surface area contributed by atoms with Crippen LogP contribution in [0.1, 0.15) is 12.0 Å². The Morgan fingerprint density at radius 3 is 2.69 bits per heavy atom. The van der Waals surface area contributed by atoms with Crippen LogP contribution in [0.5, 0.6) is 0 Å². The van der Waals surface area contributed by atoms with Gasteiger partial charge in [-0.15, -0.1) is 0 Å². The van der Waals surface area contributed by atoms with E-state index < -0.39 is 0 Å². The summed E-state index contributed by atoms with van der Waals surface area (Å²) in [6, 6.07) is 9.62. The van der Waals surface area contributed by atoms with Crippen LogP contribution in [0, 0.1) is 0 Å². The highest BCUT2D eigenvalue weighted by molar-refractivity contribution is 5.86. The van der Waals surface area contributed by atoms with Gasteiger partial charge in [0, 0.05) is 26.2 Å². The van der Waals surface area contributed by atoms with Crippen molar-refractivity contribution in [2.75, 3.05) is 20.3 Å². The van der Waals surface area contributed by atoms with Crippen LogP contribution in [0.2, 0.25) is 0 Å². The number of methoxy groups -OCH3 is 1. The fourth-order valence-electron chi connectivity index (χ4n) is 1.15. The molecule has 86 valence electrons. The van der Waals surface area contributed by atoms with E-state index in [2.05, 4.69) is 0 Å². The number of carbonyl (C=O) groups is 1. The van der Waals surface area contributed by atoms with Crippen molar-refractivity contribution in [3.05, 3.63) is 42.0 Å². The van der Waals surface area contributed by atoms with Gasteiger partial charge >= 0.3 is 5.97 Å². The smallest absolute Gasteiger partial charge is 0.330 e. The molecule has 0 radical (unpaired) electrons. The topological polar surface area (TPSA) is 35.5 Å². The van der Waals surface area contributed by atoms with E-state index in [0.29, 0.717) is 13.2 Å². The van der Waals surface area contributed by atoms with E-state index in [0.717, 1.165) is 12.0 Å². The van der Waals surface area contributed by atoms with E-state index in [-0.39, 0.29) is 5.97 Å². The zero-order valence-corrected chi connectivity index (χ0v) is 9.39. The summed E-state index contributed by atoms with van der Waals surface area (Å²) >= 11 is 0. The molecule has 3 heteroatoms. The average molecular weight is 220 g/mol. The molecular weight excluding hydrogens is 204 g/mol. The number of rotatable bonds is 6. The van der Waals surface area contributed by atoms with Crippen LogP contribution >= 0.6 is 0 Å². The van der Waals surface area contributed by atoms with Crippen molar-refractivity contribution in [3.63, 3.8) is 0 Å². The zero-order valence-electron chi connectivity index (χ0n) is 9.39. The van der Waals surface area contributed by atoms with Gasteiger partial charge in [-0.05, 0) is 11.6 Å². The van der Waals surface area contributed by atoms with Gasteiger partial charge in [-0.3, -0.25) is 0 Å². The first-order valence-electron chi connectivity index (χ1n) is 5.22. The van der Waals surface area contributed by atoms with E-state index in [1.165, 1.54) is 6.08 Å². The maximum Gasteiger partial charge on any atom is 0.330 e. The molecule has 0 N–H and O–H groups in total. The molecule has 0 saturated carbocycles. The van der Waals surface area contributed by atoms with Gasteiger partial charge in [0.05, 0.1) is 6.61 Å². The van der Waals surface area contributed by atoms with Gasteiger partial charge in [0.15, 0.2) is 0 Å². The van der Waals surface area contributed by atoms with Gasteiger partial charge in [-0.25, -0.2) is 4.79 Å². The lowest BCUT2D eigenvalue weighted by Crippen LogP contribution is -2.04. The van der Waals surface area contributed by atoms with Crippen LogP contribution in [0.25, 0.3) is 6.08 Å². The molecule has 0 unspecified atom stereocenters. The highest BCUT2D eigenvalue weighted by Crippen LogP contribution is 2.01. The Balaban J connectivity index is 2.26. The molecule has 0 amide bonds. The van der Waals surface area contributed by atoms with Crippen molar-refractivity contribution in [1.29, 1.82) is 0 Å². The lowest BCUT2D eigenvalue weighted by Gasteiger charge is -2.00. The average Bonchev–Trinajstić information content (AvgIpc) is 2.33. The quantitative estimate of drug-likeness (QED) is 0.419. The standard InChI is InChI=1S/C13H16O3/c1-15-10-5-11-16-13(14)9-8-12-6-3-2-4-7-12/h2-4,6-9H,5,10-11H2,1H3/b9-8+. The summed E-state index contributed by atoms with van der Waals surface area (Å²) in [6.07, 6.45) is 3.89. The van der Waals surface area contributed by atoms with Gasteiger partial charge in [0.1, 0.15) is 0 Å². The molecule has 3 nitrogen and oxygen atoms in total. The molecule has 1 rings (SSSR count). The Morgan fingerprint density at radius 2 is 2.00 bits per heavy atom. The summed E-state index contributed by atoms with van der Waals surface area (Å²) in [7, 11) is 1.62. The summed E-state index contributed by atoms with van der Waals surface area (Å²) in [6.45, 7) is 1.00. The second kappa shape index (κ2) is 7.65. The Hall–Kier alpha value is -1.61. The van der Waals surface area contributed by atoms with Gasteiger partial charge in [-0.2, -0.15) is 0 Å². The number of hydrogen-bond acceptors (Lipinski definition) is 3. The summed E-state index contributed by atoms with van der Waals surface area (Å²) < 4.78 is 9.80. The molecule has 1 aromatic rings. The van der Waals surface area contributed by atoms with Gasteiger partial charge in [0.2, 0.25) is 0 Å². The fraction of sp³-hybridized carbons (Fsp3) is 0.308. The first-order valence-corrected chi connectivity index (χ1v) is 5.22. The molecule has 16 heavy (non-hydrogen) atoms. The third kappa shape index (κ3) is 5.32. The summed E-state index contributed by atoms with van der Waals surface area (Å²) in [4.78, 5) is 11.2. The van der Waals surface area contributed by atoms with Crippen molar-refractivity contribution in [3.8, 4) is 0 Å². The first-order chi connectivity index (χ1) is 7.83. The summed E-state index contributed by atoms with van der Waals surface area (Å²) in [5.74, 6) is -0.319. The normalized spacial score (nSPS) is 10.6. The van der Waals surface area contributed by atoms with Crippen LogP contribution in [0.4, 0.5) is 0 Å². The summed E-state index contributed by atoms with van der Waals surface area (Å²) in [5, 5.41) is 0. The first kappa shape index (κ1) is 12.5. The number of esters is 1. The fourth-order valence-corrected chi connectivity index (χ4v) is 1.15. The third-order valence-electron chi connectivity index (χ3n) is 1.95. The van der Waals surface area contributed by atoms with E-state index in [1.54, 1.807) is 13.2 Å². The van der Waals surface area contributed by atoms with Crippen molar-refractivity contribution in [2.45, 2.75) is 6.42 Å². The van der Waals surface area contributed by atoms with E-state index in [9.17, 15) is 4.79 Å². The monoisotopic (exact) mass is 220 g/mol. The number of carbonyl (C=O) groups excluding carboxylic acids is 1. The minimum Gasteiger partial charge on any atom is -0.462 e. The van der Waals surface area contributed by atoms with Crippen LogP contribution in [-0.2, 0) is 14.3 Å². The largest absolute Gasteiger partial charge is 0.462 e. The molecule has 0 saturated heterocycles. The molecule has 0 spiro atoms. The van der Waals surface area contributed by atoms with Gasteiger partial charge in [0.25, 0.3) is 0 Å². The number of hydrogen-bond donors (Lipinski definition) is 0. The van der Waals surface area contributed by atoms with Crippen molar-refractivity contribution >= 4 is 12.0 Å². The summed E-state index contributed by atoms with van der Waals surface area (Å²) in [5.41, 5.74) is 0.983. The van der Waals surface area contributed by atoms with E-state index in [4.69, 9.17) is 9.47 Å². The minimum absolute atomic E-state index is 0.319. The molecule has 0 bridgehead atoms. The Labute approximate surface area is 95.7 Å². The number of ether oxygens (including phenoxy) is 2. The van der Waals surface area contributed by atoms with Gasteiger partial charge in [-0.1, -0.05) is 30.3 Å². The van der Waals surface area contributed by atoms with Crippen LogP contribution < -0.4 is 0 Å². The molecule has 0 heterocycles.